The smallest absolute Gasteiger partial charge is 0.319 e. The molecule has 0 aromatic heterocycles. The van der Waals surface area contributed by atoms with Gasteiger partial charge in [-0.15, -0.1) is 0 Å². The third-order valence-corrected chi connectivity index (χ3v) is 3.36. The van der Waals surface area contributed by atoms with Crippen molar-refractivity contribution < 1.29 is 14.3 Å². The lowest BCUT2D eigenvalue weighted by Gasteiger charge is -2.15. The topological polar surface area (TPSA) is 59.6 Å². The molecule has 0 spiro atoms. The molecule has 0 atom stereocenters. The minimum Gasteiger partial charge on any atom is -0.497 e. The third kappa shape index (κ3) is 5.50. The lowest BCUT2D eigenvalue weighted by Crippen LogP contribution is -2.30. The molecule has 5 heteroatoms. The number of nitrogens with one attached hydrogen (secondary N) is 2. The molecule has 0 fully saturated rings. The molecule has 128 valence electrons. The molecule has 0 bridgehead atoms. The van der Waals surface area contributed by atoms with Gasteiger partial charge in [-0.2, -0.15) is 0 Å². The second-order valence-corrected chi connectivity index (χ2v) is 5.64. The fourth-order valence-electron chi connectivity index (χ4n) is 2.21. The van der Waals surface area contributed by atoms with E-state index in [1.165, 1.54) is 0 Å². The second-order valence-electron chi connectivity index (χ2n) is 5.64. The maximum atomic E-state index is 12.0. The predicted molar refractivity (Wildman–Crippen MR) is 95.9 cm³/mol. The van der Waals surface area contributed by atoms with E-state index in [1.54, 1.807) is 7.11 Å². The molecular weight excluding hydrogens is 304 g/mol. The lowest BCUT2D eigenvalue weighted by molar-refractivity contribution is 0.241. The van der Waals surface area contributed by atoms with Gasteiger partial charge in [-0.1, -0.05) is 24.3 Å². The van der Waals surface area contributed by atoms with E-state index in [0.717, 1.165) is 17.7 Å². The van der Waals surface area contributed by atoms with E-state index in [0.29, 0.717) is 18.0 Å². The van der Waals surface area contributed by atoms with Gasteiger partial charge in [0.05, 0.1) is 18.9 Å². The molecule has 2 rings (SSSR count). The molecule has 2 amide bonds. The maximum Gasteiger partial charge on any atom is 0.319 e. The predicted octanol–water partition coefficient (Wildman–Crippen LogP) is 3.85. The molecule has 0 aliphatic carbocycles. The van der Waals surface area contributed by atoms with Gasteiger partial charge < -0.3 is 20.1 Å². The van der Waals surface area contributed by atoms with Crippen LogP contribution in [-0.2, 0) is 6.42 Å². The zero-order valence-electron chi connectivity index (χ0n) is 14.3. The summed E-state index contributed by atoms with van der Waals surface area (Å²) in [7, 11) is 1.64. The highest BCUT2D eigenvalue weighted by Crippen LogP contribution is 2.24. The van der Waals surface area contributed by atoms with Gasteiger partial charge in [-0.05, 0) is 50.1 Å². The molecule has 0 heterocycles. The molecule has 24 heavy (non-hydrogen) atoms. The highest BCUT2D eigenvalue weighted by atomic mass is 16.5. The number of hydrogen-bond acceptors (Lipinski definition) is 3. The Balaban J connectivity index is 1.83. The Morgan fingerprint density at radius 3 is 2.46 bits per heavy atom. The minimum atomic E-state index is -0.247. The van der Waals surface area contributed by atoms with Crippen LogP contribution in [0, 0.1) is 0 Å². The number of para-hydroxylation sites is 2. The molecule has 0 saturated heterocycles. The van der Waals surface area contributed by atoms with E-state index >= 15 is 0 Å². The van der Waals surface area contributed by atoms with Crippen molar-refractivity contribution in [3.05, 3.63) is 54.1 Å². The van der Waals surface area contributed by atoms with E-state index < -0.39 is 0 Å². The standard InChI is InChI=1S/C19H24N2O3/c1-14(2)24-18-7-5-4-6-17(18)21-19(22)20-13-12-15-8-10-16(23-3)11-9-15/h4-11,14H,12-13H2,1-3H3,(H2,20,21,22). The number of ether oxygens (including phenoxy) is 2. The number of rotatable bonds is 7. The van der Waals surface area contributed by atoms with E-state index in [2.05, 4.69) is 10.6 Å². The van der Waals surface area contributed by atoms with Crippen LogP contribution in [0.15, 0.2) is 48.5 Å². The number of amides is 2. The molecule has 2 N–H and O–H groups in total. The Kier molecular flexibility index (Phi) is 6.49. The van der Waals surface area contributed by atoms with Crippen LogP contribution in [0.3, 0.4) is 0 Å². The van der Waals surface area contributed by atoms with Crippen molar-refractivity contribution in [1.82, 2.24) is 5.32 Å². The summed E-state index contributed by atoms with van der Waals surface area (Å²) in [6.45, 7) is 4.45. The zero-order chi connectivity index (χ0) is 17.4. The summed E-state index contributed by atoms with van der Waals surface area (Å²) < 4.78 is 10.8. The van der Waals surface area contributed by atoms with Crippen molar-refractivity contribution in [1.29, 1.82) is 0 Å². The molecule has 0 saturated carbocycles. The number of anilines is 1. The summed E-state index contributed by atoms with van der Waals surface area (Å²) in [6.07, 6.45) is 0.799. The Morgan fingerprint density at radius 2 is 1.79 bits per heavy atom. The monoisotopic (exact) mass is 328 g/mol. The largest absolute Gasteiger partial charge is 0.497 e. The van der Waals surface area contributed by atoms with Crippen molar-refractivity contribution in [2.75, 3.05) is 19.0 Å². The van der Waals surface area contributed by atoms with Crippen LogP contribution >= 0.6 is 0 Å². The number of hydrogen-bond donors (Lipinski definition) is 2. The van der Waals surface area contributed by atoms with Gasteiger partial charge in [0.25, 0.3) is 0 Å². The van der Waals surface area contributed by atoms with E-state index in [4.69, 9.17) is 9.47 Å². The summed E-state index contributed by atoms with van der Waals surface area (Å²) in [5.41, 5.74) is 1.80. The van der Waals surface area contributed by atoms with Gasteiger partial charge in [-0.25, -0.2) is 4.79 Å². The first kappa shape index (κ1) is 17.7. The molecular formula is C19H24N2O3. The van der Waals surface area contributed by atoms with Crippen molar-refractivity contribution >= 4 is 11.7 Å². The summed E-state index contributed by atoms with van der Waals surface area (Å²) >= 11 is 0. The van der Waals surface area contributed by atoms with Crippen LogP contribution in [0.2, 0.25) is 0 Å². The van der Waals surface area contributed by atoms with Gasteiger partial charge in [0, 0.05) is 6.54 Å². The Morgan fingerprint density at radius 1 is 1.08 bits per heavy atom. The van der Waals surface area contributed by atoms with Gasteiger partial charge in [0.15, 0.2) is 0 Å². The first-order chi connectivity index (χ1) is 11.6. The van der Waals surface area contributed by atoms with Crippen LogP contribution in [0.25, 0.3) is 0 Å². The van der Waals surface area contributed by atoms with Crippen LogP contribution < -0.4 is 20.1 Å². The van der Waals surface area contributed by atoms with Crippen LogP contribution in [0.1, 0.15) is 19.4 Å². The molecule has 0 aliphatic rings. The fraction of sp³-hybridized carbons (Fsp3) is 0.316. The van der Waals surface area contributed by atoms with E-state index in [1.807, 2.05) is 62.4 Å². The van der Waals surface area contributed by atoms with E-state index in [-0.39, 0.29) is 12.1 Å². The van der Waals surface area contributed by atoms with Crippen molar-refractivity contribution in [2.24, 2.45) is 0 Å². The normalized spacial score (nSPS) is 10.3. The number of benzene rings is 2. The highest BCUT2D eigenvalue weighted by Gasteiger charge is 2.08. The Labute approximate surface area is 143 Å². The highest BCUT2D eigenvalue weighted by molar-refractivity contribution is 5.90. The zero-order valence-corrected chi connectivity index (χ0v) is 14.3. The number of methoxy groups -OCH3 is 1. The summed E-state index contributed by atoms with van der Waals surface area (Å²) in [5.74, 6) is 1.49. The molecule has 2 aromatic rings. The number of carbonyl (C=O) groups excluding carboxylic acids is 1. The maximum absolute atomic E-state index is 12.0. The van der Waals surface area contributed by atoms with Crippen LogP contribution in [0.5, 0.6) is 11.5 Å². The summed E-state index contributed by atoms with van der Waals surface area (Å²) in [4.78, 5) is 12.0. The van der Waals surface area contributed by atoms with Gasteiger partial charge in [0.1, 0.15) is 11.5 Å². The van der Waals surface area contributed by atoms with Gasteiger partial charge in [0.2, 0.25) is 0 Å². The first-order valence-corrected chi connectivity index (χ1v) is 8.02. The number of carbonyl (C=O) groups is 1. The molecule has 0 unspecified atom stereocenters. The summed E-state index contributed by atoms with van der Waals surface area (Å²) in [6, 6.07) is 15.0. The summed E-state index contributed by atoms with van der Waals surface area (Å²) in [5, 5.41) is 5.68. The van der Waals surface area contributed by atoms with Crippen molar-refractivity contribution in [3.63, 3.8) is 0 Å². The van der Waals surface area contributed by atoms with Crippen molar-refractivity contribution in [3.8, 4) is 11.5 Å². The van der Waals surface area contributed by atoms with E-state index in [9.17, 15) is 4.79 Å². The quantitative estimate of drug-likeness (QED) is 0.812. The average molecular weight is 328 g/mol. The van der Waals surface area contributed by atoms with Crippen LogP contribution in [-0.4, -0.2) is 25.8 Å². The van der Waals surface area contributed by atoms with Crippen LogP contribution in [0.4, 0.5) is 10.5 Å². The van der Waals surface area contributed by atoms with Gasteiger partial charge >= 0.3 is 6.03 Å². The number of urea groups is 1. The SMILES string of the molecule is COc1ccc(CCNC(=O)Nc2ccccc2OC(C)C)cc1. The molecule has 0 aliphatic heterocycles. The molecule has 0 radical (unpaired) electrons. The fourth-order valence-corrected chi connectivity index (χ4v) is 2.21. The third-order valence-electron chi connectivity index (χ3n) is 3.36. The Hall–Kier alpha value is -2.69. The average Bonchev–Trinajstić information content (AvgIpc) is 2.57. The first-order valence-electron chi connectivity index (χ1n) is 8.02. The Bertz CT molecular complexity index is 654. The van der Waals surface area contributed by atoms with Crippen molar-refractivity contribution in [2.45, 2.75) is 26.4 Å². The lowest BCUT2D eigenvalue weighted by atomic mass is 10.1. The molecule has 5 nitrogen and oxygen atoms in total. The van der Waals surface area contributed by atoms with Gasteiger partial charge in [-0.3, -0.25) is 0 Å². The second kappa shape index (κ2) is 8.82. The molecule has 2 aromatic carbocycles. The minimum absolute atomic E-state index is 0.0473.